The summed E-state index contributed by atoms with van der Waals surface area (Å²) in [5.74, 6) is 1.47. The zero-order valence-electron chi connectivity index (χ0n) is 14.1. The first-order valence-corrected chi connectivity index (χ1v) is 7.96. The van der Waals surface area contributed by atoms with E-state index in [1.54, 1.807) is 31.6 Å². The molecule has 0 bridgehead atoms. The van der Waals surface area contributed by atoms with Crippen LogP contribution in [0.5, 0.6) is 5.75 Å². The highest BCUT2D eigenvalue weighted by Crippen LogP contribution is 2.13. The van der Waals surface area contributed by atoms with Crippen LogP contribution in [0.1, 0.15) is 24.2 Å². The Hall–Kier alpha value is -2.60. The Kier molecular flexibility index (Phi) is 7.04. The second-order valence-corrected chi connectivity index (χ2v) is 5.22. The molecule has 6 heteroatoms. The second-order valence-electron chi connectivity index (χ2n) is 5.22. The average molecular weight is 328 g/mol. The standard InChI is InChI=1S/C18H24N4O2/c1-3-20-18(21-12-14-5-4-6-16(11-14)24-2)22-13-17(23)15-7-9-19-10-8-15/h4-11,17,23H,3,12-13H2,1-2H3,(H2,20,21,22). The van der Waals surface area contributed by atoms with Gasteiger partial charge < -0.3 is 20.5 Å². The second kappa shape index (κ2) is 9.52. The van der Waals surface area contributed by atoms with Gasteiger partial charge in [0, 0.05) is 25.5 Å². The van der Waals surface area contributed by atoms with Crippen molar-refractivity contribution in [3.8, 4) is 5.75 Å². The zero-order valence-corrected chi connectivity index (χ0v) is 14.1. The smallest absolute Gasteiger partial charge is 0.191 e. The van der Waals surface area contributed by atoms with Crippen LogP contribution >= 0.6 is 0 Å². The van der Waals surface area contributed by atoms with Crippen LogP contribution in [0.4, 0.5) is 0 Å². The summed E-state index contributed by atoms with van der Waals surface area (Å²) >= 11 is 0. The normalized spacial score (nSPS) is 12.5. The number of pyridine rings is 1. The van der Waals surface area contributed by atoms with Crippen LogP contribution in [0.2, 0.25) is 0 Å². The molecular weight excluding hydrogens is 304 g/mol. The van der Waals surface area contributed by atoms with Crippen molar-refractivity contribution in [1.29, 1.82) is 0 Å². The molecule has 0 fully saturated rings. The summed E-state index contributed by atoms with van der Waals surface area (Å²) in [5.41, 5.74) is 1.88. The van der Waals surface area contributed by atoms with Crippen molar-refractivity contribution < 1.29 is 9.84 Å². The fourth-order valence-electron chi connectivity index (χ4n) is 2.18. The van der Waals surface area contributed by atoms with Crippen molar-refractivity contribution in [1.82, 2.24) is 15.6 Å². The lowest BCUT2D eigenvalue weighted by Gasteiger charge is -2.15. The van der Waals surface area contributed by atoms with Crippen LogP contribution in [-0.4, -0.2) is 36.2 Å². The van der Waals surface area contributed by atoms with E-state index in [9.17, 15) is 5.11 Å². The number of methoxy groups -OCH3 is 1. The molecule has 0 saturated heterocycles. The van der Waals surface area contributed by atoms with Gasteiger partial charge in [-0.2, -0.15) is 0 Å². The number of hydrogen-bond donors (Lipinski definition) is 3. The maximum absolute atomic E-state index is 10.2. The molecule has 0 spiro atoms. The Balaban J connectivity index is 1.95. The lowest BCUT2D eigenvalue weighted by atomic mass is 10.1. The molecule has 1 atom stereocenters. The molecule has 0 radical (unpaired) electrons. The van der Waals surface area contributed by atoms with Gasteiger partial charge in [-0.3, -0.25) is 4.98 Å². The minimum Gasteiger partial charge on any atom is -0.497 e. The molecule has 0 aliphatic heterocycles. The maximum Gasteiger partial charge on any atom is 0.191 e. The SMILES string of the molecule is CCNC(=NCc1cccc(OC)c1)NCC(O)c1ccncc1. The van der Waals surface area contributed by atoms with Crippen molar-refractivity contribution in [2.24, 2.45) is 4.99 Å². The summed E-state index contributed by atoms with van der Waals surface area (Å²) in [7, 11) is 1.65. The number of guanidine groups is 1. The van der Waals surface area contributed by atoms with Gasteiger partial charge in [0.2, 0.25) is 0 Å². The van der Waals surface area contributed by atoms with Crippen LogP contribution in [0, 0.1) is 0 Å². The quantitative estimate of drug-likeness (QED) is 0.534. The van der Waals surface area contributed by atoms with Crippen LogP contribution in [-0.2, 0) is 6.54 Å². The summed E-state index contributed by atoms with van der Waals surface area (Å²) in [6.07, 6.45) is 2.72. The summed E-state index contributed by atoms with van der Waals surface area (Å²) in [6, 6.07) is 11.4. The molecule has 0 saturated carbocycles. The third-order valence-corrected chi connectivity index (χ3v) is 3.45. The maximum atomic E-state index is 10.2. The van der Waals surface area contributed by atoms with E-state index in [4.69, 9.17) is 4.74 Å². The molecule has 1 heterocycles. The number of nitrogens with zero attached hydrogens (tertiary/aromatic N) is 2. The van der Waals surface area contributed by atoms with Gasteiger partial charge in [-0.25, -0.2) is 4.99 Å². The minimum absolute atomic E-state index is 0.369. The molecule has 3 N–H and O–H groups in total. The number of ether oxygens (including phenoxy) is 1. The molecule has 0 aliphatic carbocycles. The fraction of sp³-hybridized carbons (Fsp3) is 0.333. The van der Waals surface area contributed by atoms with E-state index in [1.807, 2.05) is 31.2 Å². The highest BCUT2D eigenvalue weighted by Gasteiger charge is 2.08. The Morgan fingerprint density at radius 2 is 2.04 bits per heavy atom. The molecule has 128 valence electrons. The lowest BCUT2D eigenvalue weighted by molar-refractivity contribution is 0.180. The van der Waals surface area contributed by atoms with E-state index >= 15 is 0 Å². The van der Waals surface area contributed by atoms with Crippen LogP contribution in [0.15, 0.2) is 53.8 Å². The number of aliphatic hydroxyl groups is 1. The van der Waals surface area contributed by atoms with Gasteiger partial charge in [0.25, 0.3) is 0 Å². The first kappa shape index (κ1) is 17.7. The number of nitrogens with one attached hydrogen (secondary N) is 2. The minimum atomic E-state index is -0.617. The number of aliphatic hydroxyl groups excluding tert-OH is 1. The molecule has 2 aromatic rings. The summed E-state index contributed by atoms with van der Waals surface area (Å²) in [6.45, 7) is 3.64. The molecule has 0 aliphatic rings. The molecule has 1 aromatic heterocycles. The van der Waals surface area contributed by atoms with Gasteiger partial charge in [0.15, 0.2) is 5.96 Å². The number of aliphatic imine (C=N–C) groups is 1. The molecule has 2 rings (SSSR count). The van der Waals surface area contributed by atoms with E-state index < -0.39 is 6.10 Å². The molecule has 24 heavy (non-hydrogen) atoms. The predicted molar refractivity (Wildman–Crippen MR) is 95.0 cm³/mol. The number of benzene rings is 1. The topological polar surface area (TPSA) is 78.8 Å². The highest BCUT2D eigenvalue weighted by atomic mass is 16.5. The van der Waals surface area contributed by atoms with E-state index in [0.717, 1.165) is 23.4 Å². The average Bonchev–Trinajstić information content (AvgIpc) is 2.64. The molecule has 1 unspecified atom stereocenters. The fourth-order valence-corrected chi connectivity index (χ4v) is 2.18. The lowest BCUT2D eigenvalue weighted by Crippen LogP contribution is -2.39. The van der Waals surface area contributed by atoms with Gasteiger partial charge in [-0.15, -0.1) is 0 Å². The van der Waals surface area contributed by atoms with Crippen molar-refractivity contribution in [2.75, 3.05) is 20.2 Å². The number of aromatic nitrogens is 1. The van der Waals surface area contributed by atoms with E-state index in [1.165, 1.54) is 0 Å². The first-order chi connectivity index (χ1) is 11.7. The number of hydrogen-bond acceptors (Lipinski definition) is 4. The van der Waals surface area contributed by atoms with Crippen molar-refractivity contribution in [2.45, 2.75) is 19.6 Å². The Labute approximate surface area is 142 Å². The molecule has 0 amide bonds. The Morgan fingerprint density at radius 1 is 1.25 bits per heavy atom. The largest absolute Gasteiger partial charge is 0.497 e. The van der Waals surface area contributed by atoms with Crippen molar-refractivity contribution >= 4 is 5.96 Å². The van der Waals surface area contributed by atoms with Gasteiger partial charge in [0.05, 0.1) is 19.8 Å². The summed E-state index contributed by atoms with van der Waals surface area (Å²) in [4.78, 5) is 8.49. The first-order valence-electron chi connectivity index (χ1n) is 7.96. The van der Waals surface area contributed by atoms with Gasteiger partial charge in [-0.1, -0.05) is 12.1 Å². The van der Waals surface area contributed by atoms with E-state index in [-0.39, 0.29) is 0 Å². The van der Waals surface area contributed by atoms with Gasteiger partial charge in [-0.05, 0) is 42.3 Å². The Morgan fingerprint density at radius 3 is 2.75 bits per heavy atom. The molecule has 6 nitrogen and oxygen atoms in total. The van der Waals surface area contributed by atoms with Gasteiger partial charge in [0.1, 0.15) is 5.75 Å². The monoisotopic (exact) mass is 328 g/mol. The third kappa shape index (κ3) is 5.55. The van der Waals surface area contributed by atoms with E-state index in [2.05, 4.69) is 20.6 Å². The van der Waals surface area contributed by atoms with Gasteiger partial charge >= 0.3 is 0 Å². The summed E-state index contributed by atoms with van der Waals surface area (Å²) in [5, 5.41) is 16.5. The highest BCUT2D eigenvalue weighted by molar-refractivity contribution is 5.79. The predicted octanol–water partition coefficient (Wildman–Crippen LogP) is 1.88. The molecular formula is C18H24N4O2. The van der Waals surface area contributed by atoms with Crippen LogP contribution < -0.4 is 15.4 Å². The van der Waals surface area contributed by atoms with Crippen molar-refractivity contribution in [3.05, 3.63) is 59.9 Å². The van der Waals surface area contributed by atoms with Crippen molar-refractivity contribution in [3.63, 3.8) is 0 Å². The Bertz CT molecular complexity index is 646. The van der Waals surface area contributed by atoms with E-state index in [0.29, 0.717) is 19.0 Å². The van der Waals surface area contributed by atoms with Crippen LogP contribution in [0.3, 0.4) is 0 Å². The third-order valence-electron chi connectivity index (χ3n) is 3.45. The number of rotatable bonds is 7. The molecule has 1 aromatic carbocycles. The van der Waals surface area contributed by atoms with Crippen LogP contribution in [0.25, 0.3) is 0 Å². The zero-order chi connectivity index (χ0) is 17.2. The summed E-state index contributed by atoms with van der Waals surface area (Å²) < 4.78 is 5.22.